The molecule has 126 valence electrons. The summed E-state index contributed by atoms with van der Waals surface area (Å²) in [6.45, 7) is 8.39. The van der Waals surface area contributed by atoms with E-state index in [1.165, 1.54) is 0 Å². The van der Waals surface area contributed by atoms with Crippen LogP contribution in [-0.2, 0) is 9.31 Å². The number of rotatable bonds is 4. The molecule has 1 aliphatic heterocycles. The lowest BCUT2D eigenvalue weighted by molar-refractivity contribution is -0.119. The Morgan fingerprint density at radius 3 is 2.04 bits per heavy atom. The lowest BCUT2D eigenvalue weighted by Gasteiger charge is -2.34. The number of hydrogen-bond donors (Lipinski definition) is 0. The van der Waals surface area contributed by atoms with E-state index in [2.05, 4.69) is 0 Å². The van der Waals surface area contributed by atoms with Gasteiger partial charge in [-0.3, -0.25) is 0 Å². The van der Waals surface area contributed by atoms with Gasteiger partial charge in [-0.05, 0) is 45.3 Å². The maximum absolute atomic E-state index is 12.8. The topological polar surface area (TPSA) is 27.7 Å². The summed E-state index contributed by atoms with van der Waals surface area (Å²) in [5.41, 5.74) is 0.177. The van der Waals surface area contributed by atoms with Crippen LogP contribution >= 0.6 is 0 Å². The normalized spacial score (nSPS) is 25.2. The number of ether oxygens (including phenoxy) is 1. The lowest BCUT2D eigenvalue weighted by atomic mass is 9.79. The summed E-state index contributed by atoms with van der Waals surface area (Å²) < 4.78 is 43.1. The van der Waals surface area contributed by atoms with Gasteiger partial charge in [0.1, 0.15) is 5.75 Å². The van der Waals surface area contributed by atoms with Crippen molar-refractivity contribution in [1.29, 1.82) is 0 Å². The zero-order valence-corrected chi connectivity index (χ0v) is 14.1. The predicted octanol–water partition coefficient (Wildman–Crippen LogP) is 3.41. The number of benzene rings is 1. The fraction of sp³-hybridized carbons (Fsp3) is 0.647. The van der Waals surface area contributed by atoms with Gasteiger partial charge < -0.3 is 14.0 Å². The molecule has 2 aliphatic rings. The second-order valence-corrected chi connectivity index (χ2v) is 7.60. The summed E-state index contributed by atoms with van der Waals surface area (Å²) in [6, 6.07) is 7.45. The molecule has 0 bridgehead atoms. The smallest absolute Gasteiger partial charge is 0.493 e. The Morgan fingerprint density at radius 2 is 1.57 bits per heavy atom. The molecule has 0 atom stereocenters. The third kappa shape index (κ3) is 3.38. The Kier molecular flexibility index (Phi) is 3.96. The number of hydrogen-bond acceptors (Lipinski definition) is 3. The SMILES string of the molecule is CC1(C)OB(c2ccc(OCC3CC(F)(F)C3)cc2)OC1(C)C. The number of halogens is 2. The van der Waals surface area contributed by atoms with Gasteiger partial charge in [-0.2, -0.15) is 0 Å². The van der Waals surface area contributed by atoms with Crippen molar-refractivity contribution in [3.8, 4) is 5.75 Å². The van der Waals surface area contributed by atoms with Crippen LogP contribution in [0.2, 0.25) is 0 Å². The van der Waals surface area contributed by atoms with Gasteiger partial charge in [-0.15, -0.1) is 0 Å². The first-order chi connectivity index (χ1) is 10.6. The van der Waals surface area contributed by atoms with Crippen molar-refractivity contribution in [1.82, 2.24) is 0 Å². The Morgan fingerprint density at radius 1 is 1.04 bits per heavy atom. The minimum absolute atomic E-state index is 0.0484. The van der Waals surface area contributed by atoms with Gasteiger partial charge in [0.15, 0.2) is 0 Å². The maximum Gasteiger partial charge on any atom is 0.494 e. The second-order valence-electron chi connectivity index (χ2n) is 7.60. The molecule has 2 fully saturated rings. The van der Waals surface area contributed by atoms with Gasteiger partial charge >= 0.3 is 7.12 Å². The zero-order chi connectivity index (χ0) is 16.9. The summed E-state index contributed by atoms with van der Waals surface area (Å²) in [7, 11) is -0.403. The molecule has 0 spiro atoms. The first-order valence-corrected chi connectivity index (χ1v) is 8.04. The van der Waals surface area contributed by atoms with Crippen molar-refractivity contribution in [2.75, 3.05) is 6.61 Å². The van der Waals surface area contributed by atoms with Gasteiger partial charge in [0.2, 0.25) is 5.92 Å². The molecular weight excluding hydrogens is 301 g/mol. The maximum atomic E-state index is 12.8. The van der Waals surface area contributed by atoms with Crippen LogP contribution in [0.4, 0.5) is 8.78 Å². The monoisotopic (exact) mass is 324 g/mol. The molecule has 1 heterocycles. The highest BCUT2D eigenvalue weighted by Crippen LogP contribution is 2.42. The molecule has 1 aliphatic carbocycles. The highest BCUT2D eigenvalue weighted by atomic mass is 19.3. The molecule has 3 rings (SSSR count). The van der Waals surface area contributed by atoms with E-state index in [0.717, 1.165) is 5.46 Å². The van der Waals surface area contributed by atoms with Crippen LogP contribution in [0.3, 0.4) is 0 Å². The Hall–Kier alpha value is -1.14. The number of alkyl halides is 2. The highest BCUT2D eigenvalue weighted by molar-refractivity contribution is 6.62. The van der Waals surface area contributed by atoms with Crippen LogP contribution in [0.1, 0.15) is 40.5 Å². The molecule has 0 unspecified atom stereocenters. The molecule has 3 nitrogen and oxygen atoms in total. The molecule has 1 aromatic rings. The average Bonchev–Trinajstić information content (AvgIpc) is 2.63. The summed E-state index contributed by atoms with van der Waals surface area (Å²) in [4.78, 5) is 0. The van der Waals surface area contributed by atoms with E-state index in [1.54, 1.807) is 0 Å². The van der Waals surface area contributed by atoms with Crippen molar-refractivity contribution in [2.45, 2.75) is 57.7 Å². The zero-order valence-electron chi connectivity index (χ0n) is 14.1. The van der Waals surface area contributed by atoms with Crippen LogP contribution in [0.25, 0.3) is 0 Å². The van der Waals surface area contributed by atoms with Crippen LogP contribution < -0.4 is 10.2 Å². The van der Waals surface area contributed by atoms with Gasteiger partial charge in [0.25, 0.3) is 0 Å². The van der Waals surface area contributed by atoms with Crippen molar-refractivity contribution in [3.05, 3.63) is 24.3 Å². The van der Waals surface area contributed by atoms with Gasteiger partial charge in [0, 0.05) is 18.8 Å². The quantitative estimate of drug-likeness (QED) is 0.795. The third-order valence-corrected chi connectivity index (χ3v) is 5.07. The van der Waals surface area contributed by atoms with E-state index in [-0.39, 0.29) is 30.0 Å². The van der Waals surface area contributed by atoms with Crippen LogP contribution in [0, 0.1) is 5.92 Å². The second kappa shape index (κ2) is 5.45. The van der Waals surface area contributed by atoms with Crippen LogP contribution in [0.15, 0.2) is 24.3 Å². The van der Waals surface area contributed by atoms with E-state index < -0.39 is 13.0 Å². The van der Waals surface area contributed by atoms with Gasteiger partial charge in [-0.25, -0.2) is 8.78 Å². The molecule has 23 heavy (non-hydrogen) atoms. The molecule has 0 amide bonds. The van der Waals surface area contributed by atoms with Crippen molar-refractivity contribution >= 4 is 12.6 Å². The van der Waals surface area contributed by atoms with E-state index >= 15 is 0 Å². The molecule has 0 N–H and O–H groups in total. The minimum Gasteiger partial charge on any atom is -0.493 e. The van der Waals surface area contributed by atoms with E-state index in [9.17, 15) is 8.78 Å². The molecule has 1 aromatic carbocycles. The average molecular weight is 324 g/mol. The lowest BCUT2D eigenvalue weighted by Crippen LogP contribution is -2.41. The van der Waals surface area contributed by atoms with Crippen molar-refractivity contribution in [3.63, 3.8) is 0 Å². The van der Waals surface area contributed by atoms with Crippen molar-refractivity contribution < 1.29 is 22.8 Å². The minimum atomic E-state index is -2.49. The molecule has 1 saturated carbocycles. The molecular formula is C17H23BF2O3. The standard InChI is InChI=1S/C17H23BF2O3/c1-15(2)16(3,4)23-18(22-15)13-5-7-14(8-6-13)21-11-12-9-17(19,20)10-12/h5-8,12H,9-11H2,1-4H3. The van der Waals surface area contributed by atoms with E-state index in [0.29, 0.717) is 12.4 Å². The fourth-order valence-electron chi connectivity index (χ4n) is 2.82. The predicted molar refractivity (Wildman–Crippen MR) is 85.3 cm³/mol. The molecule has 0 radical (unpaired) electrons. The van der Waals surface area contributed by atoms with Gasteiger partial charge in [-0.1, -0.05) is 12.1 Å². The Balaban J connectivity index is 1.56. The largest absolute Gasteiger partial charge is 0.494 e. The molecule has 1 saturated heterocycles. The molecule has 0 aromatic heterocycles. The molecule has 6 heteroatoms. The Bertz CT molecular complexity index is 548. The highest BCUT2D eigenvalue weighted by Gasteiger charge is 2.51. The third-order valence-electron chi connectivity index (χ3n) is 5.07. The summed E-state index contributed by atoms with van der Waals surface area (Å²) in [5, 5.41) is 0. The van der Waals surface area contributed by atoms with E-state index in [1.807, 2.05) is 52.0 Å². The summed E-state index contributed by atoms with van der Waals surface area (Å²) in [5.74, 6) is -1.86. The van der Waals surface area contributed by atoms with Crippen molar-refractivity contribution in [2.24, 2.45) is 5.92 Å². The Labute approximate surface area is 136 Å². The van der Waals surface area contributed by atoms with Crippen LogP contribution in [0.5, 0.6) is 5.75 Å². The summed E-state index contributed by atoms with van der Waals surface area (Å²) in [6.07, 6.45) is -0.141. The summed E-state index contributed by atoms with van der Waals surface area (Å²) >= 11 is 0. The van der Waals surface area contributed by atoms with E-state index in [4.69, 9.17) is 14.0 Å². The fourth-order valence-corrected chi connectivity index (χ4v) is 2.82. The van der Waals surface area contributed by atoms with Gasteiger partial charge in [0.05, 0.1) is 17.8 Å². The first-order valence-electron chi connectivity index (χ1n) is 8.04. The van der Waals surface area contributed by atoms with Crippen LogP contribution in [-0.4, -0.2) is 30.8 Å². The first kappa shape index (κ1) is 16.7.